The molecule has 0 fully saturated rings. The fourth-order valence-electron chi connectivity index (χ4n) is 1.55. The molecular formula is C12H18N6OS. The van der Waals surface area contributed by atoms with Gasteiger partial charge in [0.25, 0.3) is 0 Å². The Hall–Kier alpha value is -1.96. The first-order chi connectivity index (χ1) is 9.71. The number of rotatable bonds is 5. The van der Waals surface area contributed by atoms with Gasteiger partial charge in [-0.3, -0.25) is 4.99 Å². The van der Waals surface area contributed by atoms with Gasteiger partial charge in [0.1, 0.15) is 5.01 Å². The van der Waals surface area contributed by atoms with Gasteiger partial charge in [-0.2, -0.15) is 4.98 Å². The predicted octanol–water partition coefficient (Wildman–Crippen LogP) is 1.26. The second-order valence-electron chi connectivity index (χ2n) is 4.08. The quantitative estimate of drug-likeness (QED) is 0.637. The molecule has 0 saturated heterocycles. The normalized spacial score (nSPS) is 11.7. The third kappa shape index (κ3) is 4.02. The van der Waals surface area contributed by atoms with Crippen LogP contribution >= 0.6 is 11.3 Å². The molecule has 8 heteroatoms. The van der Waals surface area contributed by atoms with Gasteiger partial charge in [-0.1, -0.05) is 12.1 Å². The number of hydrogen-bond acceptors (Lipinski definition) is 6. The Kier molecular flexibility index (Phi) is 5.05. The number of thiazole rings is 1. The molecule has 2 rings (SSSR count). The number of guanidine groups is 1. The lowest BCUT2D eigenvalue weighted by Crippen LogP contribution is -2.36. The minimum Gasteiger partial charge on any atom is -0.350 e. The van der Waals surface area contributed by atoms with Crippen LogP contribution in [0.5, 0.6) is 0 Å². The van der Waals surface area contributed by atoms with E-state index >= 15 is 0 Å². The molecule has 2 aromatic heterocycles. The van der Waals surface area contributed by atoms with Crippen LogP contribution in [0.15, 0.2) is 15.7 Å². The lowest BCUT2D eigenvalue weighted by Gasteiger charge is -2.08. The van der Waals surface area contributed by atoms with E-state index in [-0.39, 0.29) is 0 Å². The highest BCUT2D eigenvalue weighted by Gasteiger charge is 2.05. The Labute approximate surface area is 121 Å². The summed E-state index contributed by atoms with van der Waals surface area (Å²) in [6.07, 6.45) is 2.93. The van der Waals surface area contributed by atoms with Crippen molar-refractivity contribution in [1.82, 2.24) is 25.8 Å². The molecule has 0 saturated carbocycles. The Morgan fingerprint density at radius 3 is 2.80 bits per heavy atom. The monoisotopic (exact) mass is 294 g/mol. The molecule has 2 aromatic rings. The van der Waals surface area contributed by atoms with E-state index < -0.39 is 0 Å². The van der Waals surface area contributed by atoms with Crippen molar-refractivity contribution in [2.24, 2.45) is 4.99 Å². The number of hydrogen-bond donors (Lipinski definition) is 2. The zero-order valence-electron chi connectivity index (χ0n) is 11.8. The molecule has 0 aliphatic carbocycles. The number of nitrogens with one attached hydrogen (secondary N) is 2. The Balaban J connectivity index is 1.80. The fourth-order valence-corrected chi connectivity index (χ4v) is 2.35. The molecule has 0 atom stereocenters. The summed E-state index contributed by atoms with van der Waals surface area (Å²) >= 11 is 1.71. The molecule has 0 aromatic carbocycles. The largest absolute Gasteiger partial charge is 0.350 e. The highest BCUT2D eigenvalue weighted by Crippen LogP contribution is 2.12. The lowest BCUT2D eigenvalue weighted by molar-refractivity contribution is 0.387. The van der Waals surface area contributed by atoms with Gasteiger partial charge in [-0.15, -0.1) is 11.3 Å². The average molecular weight is 294 g/mol. The van der Waals surface area contributed by atoms with Crippen LogP contribution in [0, 0.1) is 6.92 Å². The van der Waals surface area contributed by atoms with Gasteiger partial charge >= 0.3 is 0 Å². The van der Waals surface area contributed by atoms with Crippen LogP contribution in [0.25, 0.3) is 0 Å². The summed E-state index contributed by atoms with van der Waals surface area (Å²) in [6, 6.07) is 0. The highest BCUT2D eigenvalue weighted by molar-refractivity contribution is 7.11. The minimum atomic E-state index is 0.467. The van der Waals surface area contributed by atoms with Crippen LogP contribution in [-0.2, 0) is 19.5 Å². The molecule has 0 bridgehead atoms. The molecule has 0 unspecified atom stereocenters. The van der Waals surface area contributed by atoms with Crippen LogP contribution in [0.3, 0.4) is 0 Å². The molecule has 2 N–H and O–H groups in total. The van der Waals surface area contributed by atoms with Crippen molar-refractivity contribution in [3.05, 3.63) is 27.8 Å². The van der Waals surface area contributed by atoms with E-state index in [4.69, 9.17) is 4.52 Å². The molecule has 108 valence electrons. The Morgan fingerprint density at radius 2 is 2.20 bits per heavy atom. The van der Waals surface area contributed by atoms with Crippen molar-refractivity contribution < 1.29 is 4.52 Å². The number of nitrogens with zero attached hydrogens (tertiary/aromatic N) is 4. The summed E-state index contributed by atoms with van der Waals surface area (Å²) in [6.45, 7) is 5.00. The molecule has 0 radical (unpaired) electrons. The fraction of sp³-hybridized carbons (Fsp3) is 0.500. The van der Waals surface area contributed by atoms with E-state index in [1.807, 2.05) is 6.20 Å². The smallest absolute Gasteiger partial charge is 0.223 e. The van der Waals surface area contributed by atoms with Gasteiger partial charge in [-0.05, 0) is 6.42 Å². The maximum Gasteiger partial charge on any atom is 0.223 e. The third-order valence-corrected chi connectivity index (χ3v) is 3.71. The van der Waals surface area contributed by atoms with Crippen molar-refractivity contribution >= 4 is 17.3 Å². The second-order valence-corrected chi connectivity index (χ2v) is 5.28. The van der Waals surface area contributed by atoms with Crippen LogP contribution in [0.2, 0.25) is 0 Å². The molecular weight excluding hydrogens is 276 g/mol. The molecule has 2 heterocycles. The molecule has 20 heavy (non-hydrogen) atoms. The van der Waals surface area contributed by atoms with E-state index in [0.29, 0.717) is 30.8 Å². The van der Waals surface area contributed by atoms with Gasteiger partial charge < -0.3 is 15.2 Å². The second kappa shape index (κ2) is 6.99. The predicted molar refractivity (Wildman–Crippen MR) is 77.6 cm³/mol. The Bertz CT molecular complexity index is 576. The zero-order valence-corrected chi connectivity index (χ0v) is 12.6. The van der Waals surface area contributed by atoms with E-state index in [0.717, 1.165) is 11.4 Å². The van der Waals surface area contributed by atoms with Gasteiger partial charge in [0.15, 0.2) is 11.8 Å². The summed E-state index contributed by atoms with van der Waals surface area (Å²) in [7, 11) is 1.72. The summed E-state index contributed by atoms with van der Waals surface area (Å²) < 4.78 is 4.91. The van der Waals surface area contributed by atoms with Crippen molar-refractivity contribution in [1.29, 1.82) is 0 Å². The van der Waals surface area contributed by atoms with Crippen molar-refractivity contribution in [2.75, 3.05) is 7.05 Å². The van der Waals surface area contributed by atoms with Crippen LogP contribution < -0.4 is 10.6 Å². The van der Waals surface area contributed by atoms with Gasteiger partial charge in [0.2, 0.25) is 5.89 Å². The van der Waals surface area contributed by atoms with Crippen molar-refractivity contribution in [3.8, 4) is 0 Å². The first-order valence-corrected chi connectivity index (χ1v) is 7.20. The zero-order chi connectivity index (χ0) is 14.4. The number of aryl methyl sites for hydroxylation is 2. The topological polar surface area (TPSA) is 88.2 Å². The third-order valence-electron chi connectivity index (χ3n) is 2.56. The molecule has 0 amide bonds. The first kappa shape index (κ1) is 14.4. The van der Waals surface area contributed by atoms with Crippen molar-refractivity contribution in [3.63, 3.8) is 0 Å². The summed E-state index contributed by atoms with van der Waals surface area (Å²) in [5, 5.41) is 11.2. The molecule has 7 nitrogen and oxygen atoms in total. The minimum absolute atomic E-state index is 0.467. The highest BCUT2D eigenvalue weighted by atomic mass is 32.1. The van der Waals surface area contributed by atoms with Gasteiger partial charge in [-0.25, -0.2) is 4.98 Å². The van der Waals surface area contributed by atoms with Crippen LogP contribution in [0.1, 0.15) is 28.5 Å². The molecule has 0 spiro atoms. The average Bonchev–Trinajstić information content (AvgIpc) is 3.08. The van der Waals surface area contributed by atoms with E-state index in [9.17, 15) is 0 Å². The number of aromatic nitrogens is 3. The van der Waals surface area contributed by atoms with E-state index in [1.165, 1.54) is 4.88 Å². The van der Waals surface area contributed by atoms with E-state index in [2.05, 4.69) is 37.7 Å². The number of aliphatic imine (C=N–C) groups is 1. The Morgan fingerprint density at radius 1 is 1.40 bits per heavy atom. The van der Waals surface area contributed by atoms with Gasteiger partial charge in [0.05, 0.1) is 13.1 Å². The molecule has 0 aliphatic heterocycles. The van der Waals surface area contributed by atoms with E-state index in [1.54, 1.807) is 25.3 Å². The summed E-state index contributed by atoms with van der Waals surface area (Å²) in [5.41, 5.74) is 0. The maximum atomic E-state index is 4.91. The van der Waals surface area contributed by atoms with Crippen molar-refractivity contribution in [2.45, 2.75) is 33.4 Å². The van der Waals surface area contributed by atoms with Gasteiger partial charge in [0, 0.05) is 25.0 Å². The lowest BCUT2D eigenvalue weighted by atomic mass is 10.4. The van der Waals surface area contributed by atoms with Crippen LogP contribution in [-0.4, -0.2) is 28.1 Å². The summed E-state index contributed by atoms with van der Waals surface area (Å²) in [4.78, 5) is 13.9. The standard InChI is InChI=1S/C12H18N6OS/c1-4-9-5-14-11(20-9)7-16-12(13-3)15-6-10-17-8(2)19-18-10/h5H,4,6-7H2,1-3H3,(H2,13,15,16). The maximum absolute atomic E-state index is 4.91. The molecule has 0 aliphatic rings. The SMILES string of the molecule is CCc1cnc(CNC(=NC)NCc2noc(C)n2)s1. The summed E-state index contributed by atoms with van der Waals surface area (Å²) in [5.74, 6) is 1.84. The van der Waals surface area contributed by atoms with Crippen LogP contribution in [0.4, 0.5) is 0 Å². The first-order valence-electron chi connectivity index (χ1n) is 6.38.